The van der Waals surface area contributed by atoms with E-state index < -0.39 is 0 Å². The Labute approximate surface area is 128 Å². The van der Waals surface area contributed by atoms with E-state index in [1.807, 2.05) is 20.8 Å². The maximum absolute atomic E-state index is 12.1. The van der Waals surface area contributed by atoms with Crippen LogP contribution in [0.4, 0.5) is 11.5 Å². The number of nitrogens with one attached hydrogen (secondary N) is 2. The van der Waals surface area contributed by atoms with Gasteiger partial charge in [-0.15, -0.1) is 0 Å². The van der Waals surface area contributed by atoms with Crippen molar-refractivity contribution < 1.29 is 4.79 Å². The summed E-state index contributed by atoms with van der Waals surface area (Å²) in [5.74, 6) is 0.305. The lowest BCUT2D eigenvalue weighted by Gasteiger charge is -2.07. The summed E-state index contributed by atoms with van der Waals surface area (Å²) in [5.41, 5.74) is 1.04. The molecule has 0 radical (unpaired) electrons. The highest BCUT2D eigenvalue weighted by Gasteiger charge is 2.11. The summed E-state index contributed by atoms with van der Waals surface area (Å²) < 4.78 is 1.77. The number of hydrogen-bond acceptors (Lipinski definition) is 4. The molecule has 2 rings (SSSR count). The normalized spacial score (nSPS) is 10.7. The molecule has 7 heteroatoms. The smallest absolute Gasteiger partial charge is 0.257 e. The number of rotatable bonds is 5. The molecule has 1 amide bonds. The molecule has 0 aliphatic rings. The Bertz CT molecular complexity index is 638. The molecule has 0 saturated heterocycles. The van der Waals surface area contributed by atoms with Crippen molar-refractivity contribution >= 4 is 29.0 Å². The minimum absolute atomic E-state index is 0.242. The van der Waals surface area contributed by atoms with E-state index in [4.69, 9.17) is 11.6 Å². The predicted molar refractivity (Wildman–Crippen MR) is 84.0 cm³/mol. The van der Waals surface area contributed by atoms with Crippen LogP contribution in [-0.4, -0.2) is 27.2 Å². The molecule has 0 atom stereocenters. The van der Waals surface area contributed by atoms with Crippen molar-refractivity contribution in [3.8, 4) is 0 Å². The van der Waals surface area contributed by atoms with Gasteiger partial charge in [0.2, 0.25) is 0 Å². The number of anilines is 2. The van der Waals surface area contributed by atoms with Crippen molar-refractivity contribution in [2.24, 2.45) is 0 Å². The van der Waals surface area contributed by atoms with Crippen molar-refractivity contribution in [2.75, 3.05) is 17.2 Å². The van der Waals surface area contributed by atoms with Gasteiger partial charge in [-0.3, -0.25) is 9.48 Å². The number of nitrogens with zero attached hydrogens (tertiary/aromatic N) is 3. The molecule has 2 N–H and O–H groups in total. The SMILES string of the molecule is CCNc1ncc(C(=O)Nc2cnn(C(C)C)c2)cc1Cl. The molecule has 2 aromatic rings. The van der Waals surface area contributed by atoms with Gasteiger partial charge in [0.25, 0.3) is 5.91 Å². The van der Waals surface area contributed by atoms with Crippen LogP contribution in [0.5, 0.6) is 0 Å². The lowest BCUT2D eigenvalue weighted by atomic mass is 10.2. The summed E-state index contributed by atoms with van der Waals surface area (Å²) in [6.45, 7) is 6.70. The Morgan fingerprint density at radius 2 is 2.19 bits per heavy atom. The van der Waals surface area contributed by atoms with Crippen molar-refractivity contribution in [1.82, 2.24) is 14.8 Å². The molecule has 0 fully saturated rings. The Kier molecular flexibility index (Phi) is 4.80. The monoisotopic (exact) mass is 307 g/mol. The summed E-state index contributed by atoms with van der Waals surface area (Å²) in [6.07, 6.45) is 4.89. The number of hydrogen-bond donors (Lipinski definition) is 2. The molecular weight excluding hydrogens is 290 g/mol. The molecule has 0 aliphatic carbocycles. The summed E-state index contributed by atoms with van der Waals surface area (Å²) in [5, 5.41) is 10.4. The third-order valence-electron chi connectivity index (χ3n) is 2.84. The van der Waals surface area contributed by atoms with E-state index in [0.29, 0.717) is 28.6 Å². The number of pyridine rings is 1. The van der Waals surface area contributed by atoms with Gasteiger partial charge in [0, 0.05) is 25.0 Å². The van der Waals surface area contributed by atoms with Gasteiger partial charge in [-0.1, -0.05) is 11.6 Å². The van der Waals surface area contributed by atoms with Gasteiger partial charge >= 0.3 is 0 Å². The van der Waals surface area contributed by atoms with Crippen LogP contribution in [0.15, 0.2) is 24.7 Å². The first kappa shape index (κ1) is 15.3. The molecular formula is C14H18ClN5O. The van der Waals surface area contributed by atoms with Crippen LogP contribution in [0.2, 0.25) is 5.02 Å². The fourth-order valence-electron chi connectivity index (χ4n) is 1.75. The van der Waals surface area contributed by atoms with Crippen LogP contribution < -0.4 is 10.6 Å². The molecule has 0 unspecified atom stereocenters. The number of amides is 1. The van der Waals surface area contributed by atoms with Crippen molar-refractivity contribution in [3.63, 3.8) is 0 Å². The maximum atomic E-state index is 12.1. The molecule has 0 spiro atoms. The van der Waals surface area contributed by atoms with E-state index in [9.17, 15) is 4.79 Å². The summed E-state index contributed by atoms with van der Waals surface area (Å²) >= 11 is 6.08. The van der Waals surface area contributed by atoms with Crippen LogP contribution in [0, 0.1) is 0 Å². The minimum atomic E-state index is -0.268. The summed E-state index contributed by atoms with van der Waals surface area (Å²) in [6, 6.07) is 1.83. The molecule has 0 saturated carbocycles. The third kappa shape index (κ3) is 3.72. The number of carbonyl (C=O) groups is 1. The van der Waals surface area contributed by atoms with Crippen molar-refractivity contribution in [2.45, 2.75) is 26.8 Å². The van der Waals surface area contributed by atoms with E-state index in [2.05, 4.69) is 20.7 Å². The second kappa shape index (κ2) is 6.58. The Hall–Kier alpha value is -2.08. The molecule has 2 heterocycles. The van der Waals surface area contributed by atoms with Crippen LogP contribution in [0.25, 0.3) is 0 Å². The Morgan fingerprint density at radius 3 is 2.76 bits per heavy atom. The lowest BCUT2D eigenvalue weighted by molar-refractivity contribution is 0.102. The van der Waals surface area contributed by atoms with Gasteiger partial charge in [0.05, 0.1) is 22.5 Å². The average molecular weight is 308 g/mol. The minimum Gasteiger partial charge on any atom is -0.369 e. The highest BCUT2D eigenvalue weighted by Crippen LogP contribution is 2.20. The number of aromatic nitrogens is 3. The average Bonchev–Trinajstić information content (AvgIpc) is 2.90. The van der Waals surface area contributed by atoms with Gasteiger partial charge in [-0.2, -0.15) is 5.10 Å². The third-order valence-corrected chi connectivity index (χ3v) is 3.12. The summed E-state index contributed by atoms with van der Waals surface area (Å²) in [4.78, 5) is 16.3. The zero-order valence-corrected chi connectivity index (χ0v) is 13.0. The molecule has 0 bridgehead atoms. The maximum Gasteiger partial charge on any atom is 0.257 e. The highest BCUT2D eigenvalue weighted by molar-refractivity contribution is 6.33. The Morgan fingerprint density at radius 1 is 1.43 bits per heavy atom. The standard InChI is InChI=1S/C14H18ClN5O/c1-4-16-13-12(15)5-10(6-17-13)14(21)19-11-7-18-20(8-11)9(2)3/h5-9H,4H2,1-3H3,(H,16,17)(H,19,21). The molecule has 0 aromatic carbocycles. The van der Waals surface area contributed by atoms with E-state index in [1.165, 1.54) is 6.20 Å². The number of carbonyl (C=O) groups excluding carboxylic acids is 1. The van der Waals surface area contributed by atoms with Gasteiger partial charge < -0.3 is 10.6 Å². The molecule has 2 aromatic heterocycles. The fourth-order valence-corrected chi connectivity index (χ4v) is 1.98. The first-order valence-electron chi connectivity index (χ1n) is 6.76. The van der Waals surface area contributed by atoms with Gasteiger partial charge in [0.1, 0.15) is 5.82 Å². The van der Waals surface area contributed by atoms with E-state index in [1.54, 1.807) is 23.1 Å². The second-order valence-electron chi connectivity index (χ2n) is 4.84. The van der Waals surface area contributed by atoms with Gasteiger partial charge in [-0.05, 0) is 26.8 Å². The van der Waals surface area contributed by atoms with E-state index in [0.717, 1.165) is 0 Å². The molecule has 6 nitrogen and oxygen atoms in total. The van der Waals surface area contributed by atoms with Crippen LogP contribution in [0.1, 0.15) is 37.2 Å². The topological polar surface area (TPSA) is 71.8 Å². The second-order valence-corrected chi connectivity index (χ2v) is 5.25. The lowest BCUT2D eigenvalue weighted by Crippen LogP contribution is -2.12. The van der Waals surface area contributed by atoms with E-state index >= 15 is 0 Å². The molecule has 0 aliphatic heterocycles. The van der Waals surface area contributed by atoms with Crippen molar-refractivity contribution in [3.05, 3.63) is 35.2 Å². The Balaban J connectivity index is 2.10. The van der Waals surface area contributed by atoms with Crippen LogP contribution >= 0.6 is 11.6 Å². The first-order chi connectivity index (χ1) is 10.0. The van der Waals surface area contributed by atoms with Crippen LogP contribution in [0.3, 0.4) is 0 Å². The van der Waals surface area contributed by atoms with Gasteiger partial charge in [-0.25, -0.2) is 4.98 Å². The quantitative estimate of drug-likeness (QED) is 0.890. The first-order valence-corrected chi connectivity index (χ1v) is 7.14. The van der Waals surface area contributed by atoms with Crippen LogP contribution in [-0.2, 0) is 0 Å². The fraction of sp³-hybridized carbons (Fsp3) is 0.357. The van der Waals surface area contributed by atoms with Gasteiger partial charge in [0.15, 0.2) is 0 Å². The summed E-state index contributed by atoms with van der Waals surface area (Å²) in [7, 11) is 0. The number of halogens is 1. The zero-order chi connectivity index (χ0) is 15.4. The zero-order valence-electron chi connectivity index (χ0n) is 12.2. The largest absolute Gasteiger partial charge is 0.369 e. The van der Waals surface area contributed by atoms with E-state index in [-0.39, 0.29) is 11.9 Å². The highest BCUT2D eigenvalue weighted by atomic mass is 35.5. The van der Waals surface area contributed by atoms with Crippen molar-refractivity contribution in [1.29, 1.82) is 0 Å². The predicted octanol–water partition coefficient (Wildman–Crippen LogP) is 3.20. The molecule has 112 valence electrons. The molecule has 21 heavy (non-hydrogen) atoms.